The Bertz CT molecular complexity index is 300. The molecule has 0 aromatic rings. The molecule has 78 valence electrons. The van der Waals surface area contributed by atoms with Crippen molar-refractivity contribution in [2.45, 2.75) is 25.3 Å². The van der Waals surface area contributed by atoms with Crippen LogP contribution in [0.1, 0.15) is 19.8 Å². The summed E-state index contributed by atoms with van der Waals surface area (Å²) >= 11 is 0. The number of carboxylic acids is 1. The molecule has 0 saturated carbocycles. The van der Waals surface area contributed by atoms with E-state index in [0.717, 1.165) is 14.0 Å². The molecule has 0 spiro atoms. The summed E-state index contributed by atoms with van der Waals surface area (Å²) in [4.78, 5) is 38.2. The molecule has 1 aliphatic heterocycles. The Morgan fingerprint density at radius 3 is 2.43 bits per heavy atom. The quantitative estimate of drug-likeness (QED) is 0.613. The number of carboxylic acid groups (broad SMARTS) is 1. The van der Waals surface area contributed by atoms with Gasteiger partial charge in [0.1, 0.15) is 0 Å². The SMILES string of the molecule is CON1C(=O)CCC(=O)[C@]1(C)C(=O)O. The van der Waals surface area contributed by atoms with E-state index >= 15 is 0 Å². The molecular formula is C8H11NO5. The van der Waals surface area contributed by atoms with Crippen LogP contribution < -0.4 is 0 Å². The number of aliphatic carboxylic acids is 1. The highest BCUT2D eigenvalue weighted by Gasteiger charge is 2.52. The van der Waals surface area contributed by atoms with Gasteiger partial charge in [-0.05, 0) is 6.92 Å². The minimum absolute atomic E-state index is 0.00442. The van der Waals surface area contributed by atoms with Gasteiger partial charge in [0, 0.05) is 12.8 Å². The van der Waals surface area contributed by atoms with Crippen LogP contribution in [0.3, 0.4) is 0 Å². The van der Waals surface area contributed by atoms with Crippen LogP contribution in [-0.2, 0) is 19.2 Å². The third kappa shape index (κ3) is 1.27. The van der Waals surface area contributed by atoms with E-state index in [1.165, 1.54) is 0 Å². The van der Waals surface area contributed by atoms with Crippen LogP contribution in [0.25, 0.3) is 0 Å². The molecule has 0 bridgehead atoms. The van der Waals surface area contributed by atoms with E-state index in [0.29, 0.717) is 5.06 Å². The maximum atomic E-state index is 11.4. The molecule has 1 fully saturated rings. The van der Waals surface area contributed by atoms with E-state index in [-0.39, 0.29) is 12.8 Å². The van der Waals surface area contributed by atoms with Crippen molar-refractivity contribution in [2.24, 2.45) is 0 Å². The van der Waals surface area contributed by atoms with Gasteiger partial charge in [0.15, 0.2) is 5.78 Å². The summed E-state index contributed by atoms with van der Waals surface area (Å²) in [6.07, 6.45) is -0.0585. The first-order valence-corrected chi connectivity index (χ1v) is 4.08. The fourth-order valence-electron chi connectivity index (χ4n) is 1.42. The number of ketones is 1. The maximum absolute atomic E-state index is 11.4. The van der Waals surface area contributed by atoms with E-state index in [4.69, 9.17) is 5.11 Å². The van der Waals surface area contributed by atoms with Gasteiger partial charge in [-0.15, -0.1) is 0 Å². The molecule has 0 unspecified atom stereocenters. The number of rotatable bonds is 2. The number of hydrogen-bond donors (Lipinski definition) is 1. The molecule has 14 heavy (non-hydrogen) atoms. The maximum Gasteiger partial charge on any atom is 0.339 e. The van der Waals surface area contributed by atoms with E-state index < -0.39 is 23.2 Å². The number of hydrogen-bond acceptors (Lipinski definition) is 4. The van der Waals surface area contributed by atoms with Crippen molar-refractivity contribution < 1.29 is 24.3 Å². The van der Waals surface area contributed by atoms with Crippen molar-refractivity contribution in [1.29, 1.82) is 0 Å². The topological polar surface area (TPSA) is 83.9 Å². The van der Waals surface area contributed by atoms with Gasteiger partial charge in [0.25, 0.3) is 0 Å². The van der Waals surface area contributed by atoms with E-state index in [9.17, 15) is 14.4 Å². The number of carbonyl (C=O) groups is 3. The molecular weight excluding hydrogens is 190 g/mol. The van der Waals surface area contributed by atoms with Gasteiger partial charge in [0.05, 0.1) is 7.11 Å². The molecule has 1 atom stereocenters. The van der Waals surface area contributed by atoms with Crippen molar-refractivity contribution >= 4 is 17.7 Å². The smallest absolute Gasteiger partial charge is 0.339 e. The Labute approximate surface area is 80.4 Å². The number of amides is 1. The van der Waals surface area contributed by atoms with Crippen LogP contribution in [-0.4, -0.2) is 40.5 Å². The predicted molar refractivity (Wildman–Crippen MR) is 44.1 cm³/mol. The molecule has 0 aromatic carbocycles. The summed E-state index contributed by atoms with van der Waals surface area (Å²) in [6.45, 7) is 1.16. The van der Waals surface area contributed by atoms with E-state index in [1.54, 1.807) is 0 Å². The third-order valence-electron chi connectivity index (χ3n) is 2.34. The first-order valence-electron chi connectivity index (χ1n) is 4.08. The van der Waals surface area contributed by atoms with Gasteiger partial charge in [-0.1, -0.05) is 0 Å². The summed E-state index contributed by atoms with van der Waals surface area (Å²) in [7, 11) is 1.16. The Hall–Kier alpha value is -1.43. The molecule has 1 N–H and O–H groups in total. The van der Waals surface area contributed by atoms with Crippen LogP contribution in [0.15, 0.2) is 0 Å². The molecule has 6 heteroatoms. The van der Waals surface area contributed by atoms with E-state index in [2.05, 4.69) is 4.84 Å². The first-order chi connectivity index (χ1) is 6.44. The van der Waals surface area contributed by atoms with E-state index in [1.807, 2.05) is 0 Å². The van der Waals surface area contributed by atoms with Crippen LogP contribution in [0, 0.1) is 0 Å². The van der Waals surface area contributed by atoms with Gasteiger partial charge in [-0.25, -0.2) is 4.79 Å². The summed E-state index contributed by atoms with van der Waals surface area (Å²) in [5.41, 5.74) is -1.88. The standard InChI is InChI=1S/C8H11NO5/c1-8(7(12)13)5(10)3-4-6(11)9(8)14-2/h3-4H2,1-2H3,(H,12,13)/t8-/m1/s1. The molecule has 1 heterocycles. The van der Waals surface area contributed by atoms with Gasteiger partial charge >= 0.3 is 5.97 Å². The van der Waals surface area contributed by atoms with Crippen molar-refractivity contribution in [2.75, 3.05) is 7.11 Å². The normalized spacial score (nSPS) is 28.0. The first kappa shape index (κ1) is 10.6. The lowest BCUT2D eigenvalue weighted by Crippen LogP contribution is -2.62. The van der Waals surface area contributed by atoms with Crippen LogP contribution in [0.5, 0.6) is 0 Å². The number of carbonyl (C=O) groups excluding carboxylic acids is 2. The summed E-state index contributed by atoms with van der Waals surface area (Å²) < 4.78 is 0. The zero-order valence-electron chi connectivity index (χ0n) is 7.94. The number of hydroxylamine groups is 2. The lowest BCUT2D eigenvalue weighted by atomic mass is 9.89. The zero-order valence-corrected chi connectivity index (χ0v) is 7.94. The number of piperidine rings is 1. The highest BCUT2D eigenvalue weighted by molar-refractivity contribution is 6.12. The molecule has 1 aliphatic rings. The monoisotopic (exact) mass is 201 g/mol. The summed E-state index contributed by atoms with van der Waals surface area (Å²) in [5.74, 6) is -2.39. The lowest BCUT2D eigenvalue weighted by Gasteiger charge is -2.37. The Morgan fingerprint density at radius 2 is 2.07 bits per heavy atom. The van der Waals surface area contributed by atoms with Crippen LogP contribution in [0.4, 0.5) is 0 Å². The molecule has 0 aliphatic carbocycles. The molecule has 1 amide bonds. The van der Waals surface area contributed by atoms with Crippen molar-refractivity contribution in [3.63, 3.8) is 0 Å². The minimum atomic E-state index is -1.88. The fourth-order valence-corrected chi connectivity index (χ4v) is 1.42. The van der Waals surface area contributed by atoms with Crippen molar-refractivity contribution in [3.05, 3.63) is 0 Å². The summed E-state index contributed by atoms with van der Waals surface area (Å²) in [6, 6.07) is 0. The molecule has 1 rings (SSSR count). The number of nitrogens with zero attached hydrogens (tertiary/aromatic N) is 1. The largest absolute Gasteiger partial charge is 0.479 e. The molecule has 0 aromatic heterocycles. The van der Waals surface area contributed by atoms with Crippen molar-refractivity contribution in [3.8, 4) is 0 Å². The van der Waals surface area contributed by atoms with Gasteiger partial charge in [-0.2, -0.15) is 5.06 Å². The Balaban J connectivity index is 3.13. The minimum Gasteiger partial charge on any atom is -0.479 e. The Morgan fingerprint density at radius 1 is 1.50 bits per heavy atom. The number of Topliss-reactive ketones (excluding diaryl/α,β-unsaturated/α-hetero) is 1. The molecule has 6 nitrogen and oxygen atoms in total. The van der Waals surface area contributed by atoms with Crippen molar-refractivity contribution in [1.82, 2.24) is 5.06 Å². The third-order valence-corrected chi connectivity index (χ3v) is 2.34. The molecule has 1 saturated heterocycles. The van der Waals surface area contributed by atoms with Crippen LogP contribution >= 0.6 is 0 Å². The second-order valence-corrected chi connectivity index (χ2v) is 3.17. The fraction of sp³-hybridized carbons (Fsp3) is 0.625. The highest BCUT2D eigenvalue weighted by atomic mass is 16.7. The average Bonchev–Trinajstić information content (AvgIpc) is 2.12. The molecule has 0 radical (unpaired) electrons. The zero-order chi connectivity index (χ0) is 10.9. The van der Waals surface area contributed by atoms with Gasteiger partial charge in [0.2, 0.25) is 11.4 Å². The average molecular weight is 201 g/mol. The predicted octanol–water partition coefficient (Wildman–Crippen LogP) is -0.417. The van der Waals surface area contributed by atoms with Gasteiger partial charge < -0.3 is 5.11 Å². The van der Waals surface area contributed by atoms with Crippen LogP contribution in [0.2, 0.25) is 0 Å². The summed E-state index contributed by atoms with van der Waals surface area (Å²) in [5, 5.41) is 9.52. The Kier molecular flexibility index (Phi) is 2.57. The second kappa shape index (κ2) is 3.38. The highest BCUT2D eigenvalue weighted by Crippen LogP contribution is 2.25. The van der Waals surface area contributed by atoms with Gasteiger partial charge in [-0.3, -0.25) is 14.4 Å². The second-order valence-electron chi connectivity index (χ2n) is 3.17. The lowest BCUT2D eigenvalue weighted by molar-refractivity contribution is -0.219.